The molecule has 7 nitrogen and oxygen atoms in total. The Kier molecular flexibility index (Phi) is 7.25. The van der Waals surface area contributed by atoms with Gasteiger partial charge < -0.3 is 19.9 Å². The van der Waals surface area contributed by atoms with Gasteiger partial charge in [0.2, 0.25) is 0 Å². The molecule has 0 aliphatic rings. The Morgan fingerprint density at radius 3 is 2.48 bits per heavy atom. The molecule has 0 spiro atoms. The third-order valence-corrected chi connectivity index (χ3v) is 5.23. The van der Waals surface area contributed by atoms with Crippen LogP contribution in [-0.4, -0.2) is 49.7 Å². The first-order valence-electron chi connectivity index (χ1n) is 8.03. The van der Waals surface area contributed by atoms with E-state index in [2.05, 4.69) is 5.32 Å². The van der Waals surface area contributed by atoms with Crippen molar-refractivity contribution in [2.24, 2.45) is 0 Å². The molecule has 0 radical (unpaired) electrons. The summed E-state index contributed by atoms with van der Waals surface area (Å²) in [5.41, 5.74) is -0.617. The molecule has 0 heterocycles. The van der Waals surface area contributed by atoms with E-state index in [4.69, 9.17) is 9.47 Å². The third-order valence-electron chi connectivity index (χ3n) is 3.08. The van der Waals surface area contributed by atoms with Gasteiger partial charge in [-0.2, -0.15) is 0 Å². The Morgan fingerprint density at radius 1 is 1.28 bits per heavy atom. The summed E-state index contributed by atoms with van der Waals surface area (Å²) in [4.78, 5) is 11.7. The summed E-state index contributed by atoms with van der Waals surface area (Å²) in [5, 5.41) is 11.8. The molecule has 0 aliphatic carbocycles. The highest BCUT2D eigenvalue weighted by Crippen LogP contribution is 2.21. The zero-order valence-electron chi connectivity index (χ0n) is 15.3. The summed E-state index contributed by atoms with van der Waals surface area (Å²) in [6.07, 6.45) is -1.59. The van der Waals surface area contributed by atoms with E-state index < -0.39 is 32.9 Å². The topological polar surface area (TPSA) is 102 Å². The maximum absolute atomic E-state index is 12.1. The first-order valence-corrected chi connectivity index (χ1v) is 9.58. The molecule has 0 aromatic heterocycles. The molecule has 1 aromatic carbocycles. The van der Waals surface area contributed by atoms with E-state index in [1.54, 1.807) is 46.8 Å². The number of ether oxygens (including phenoxy) is 2. The molecule has 1 aromatic rings. The lowest BCUT2D eigenvalue weighted by molar-refractivity contribution is 0.0463. The van der Waals surface area contributed by atoms with Crippen LogP contribution in [0.3, 0.4) is 0 Å². The second kappa shape index (κ2) is 8.53. The first kappa shape index (κ1) is 21.2. The molecule has 2 N–H and O–H groups in total. The molecule has 142 valence electrons. The smallest absolute Gasteiger partial charge is 0.407 e. The number of aliphatic hydroxyl groups is 1. The monoisotopic (exact) mass is 373 g/mol. The van der Waals surface area contributed by atoms with Gasteiger partial charge in [0.05, 0.1) is 16.7 Å². The van der Waals surface area contributed by atoms with Crippen LogP contribution < -0.4 is 10.1 Å². The number of hydrogen-bond acceptors (Lipinski definition) is 6. The van der Waals surface area contributed by atoms with Crippen molar-refractivity contribution in [1.29, 1.82) is 0 Å². The molecule has 0 aliphatic heterocycles. The number of hydrogen-bond donors (Lipinski definition) is 2. The van der Waals surface area contributed by atoms with Crippen molar-refractivity contribution < 1.29 is 27.8 Å². The second-order valence-corrected chi connectivity index (χ2v) is 9.42. The molecule has 1 amide bonds. The van der Waals surface area contributed by atoms with E-state index in [1.165, 1.54) is 12.1 Å². The molecular weight excluding hydrogens is 346 g/mol. The fourth-order valence-corrected chi connectivity index (χ4v) is 2.87. The normalized spacial score (nSPS) is 13.4. The lowest BCUT2D eigenvalue weighted by Gasteiger charge is -2.20. The maximum Gasteiger partial charge on any atom is 0.407 e. The van der Waals surface area contributed by atoms with Crippen molar-refractivity contribution in [2.45, 2.75) is 56.5 Å². The summed E-state index contributed by atoms with van der Waals surface area (Å²) in [5.74, 6) is 0.332. The Balaban J connectivity index is 2.54. The van der Waals surface area contributed by atoms with Gasteiger partial charge in [0.1, 0.15) is 24.1 Å². The van der Waals surface area contributed by atoms with Crippen LogP contribution in [0.15, 0.2) is 29.2 Å². The molecule has 0 saturated carbocycles. The predicted molar refractivity (Wildman–Crippen MR) is 94.5 cm³/mol. The summed E-state index contributed by atoms with van der Waals surface area (Å²) in [6.45, 7) is 8.29. The Hall–Kier alpha value is -1.80. The highest BCUT2D eigenvalue weighted by molar-refractivity contribution is 7.92. The maximum atomic E-state index is 12.1. The Labute approximate surface area is 149 Å². The number of aliphatic hydroxyl groups excluding tert-OH is 1. The van der Waals surface area contributed by atoms with Crippen LogP contribution in [0.1, 0.15) is 34.6 Å². The van der Waals surface area contributed by atoms with Crippen LogP contribution in [0, 0.1) is 0 Å². The SMILES string of the molecule is CC(C)S(=O)(=O)c1cccc(OC[C@@H](O)CNC(=O)OC(C)(C)C)c1. The second-order valence-electron chi connectivity index (χ2n) is 6.92. The number of sulfone groups is 1. The summed E-state index contributed by atoms with van der Waals surface area (Å²) >= 11 is 0. The van der Waals surface area contributed by atoms with Crippen LogP contribution in [0.2, 0.25) is 0 Å². The zero-order chi connectivity index (χ0) is 19.3. The van der Waals surface area contributed by atoms with Crippen LogP contribution >= 0.6 is 0 Å². The van der Waals surface area contributed by atoms with Crippen molar-refractivity contribution in [1.82, 2.24) is 5.32 Å². The molecule has 0 unspecified atom stereocenters. The number of carbonyl (C=O) groups is 1. The average Bonchev–Trinajstić information content (AvgIpc) is 2.49. The van der Waals surface area contributed by atoms with Gasteiger partial charge in [-0.1, -0.05) is 6.07 Å². The van der Waals surface area contributed by atoms with Crippen molar-refractivity contribution in [3.05, 3.63) is 24.3 Å². The highest BCUT2D eigenvalue weighted by atomic mass is 32.2. The summed E-state index contributed by atoms with van der Waals surface area (Å²) in [6, 6.07) is 6.11. The molecule has 0 saturated heterocycles. The van der Waals surface area contributed by atoms with Gasteiger partial charge in [0.15, 0.2) is 9.84 Å². The molecular formula is C17H27NO6S. The lowest BCUT2D eigenvalue weighted by Crippen LogP contribution is -2.38. The quantitative estimate of drug-likeness (QED) is 0.759. The number of amides is 1. The minimum atomic E-state index is -3.39. The van der Waals surface area contributed by atoms with Crippen LogP contribution in [-0.2, 0) is 14.6 Å². The van der Waals surface area contributed by atoms with Gasteiger partial charge in [0, 0.05) is 0 Å². The zero-order valence-corrected chi connectivity index (χ0v) is 16.1. The fraction of sp³-hybridized carbons (Fsp3) is 0.588. The molecule has 0 bridgehead atoms. The highest BCUT2D eigenvalue weighted by Gasteiger charge is 2.20. The van der Waals surface area contributed by atoms with Crippen molar-refractivity contribution in [3.8, 4) is 5.75 Å². The Bertz CT molecular complexity index is 679. The van der Waals surface area contributed by atoms with Gasteiger partial charge in [-0.05, 0) is 52.8 Å². The van der Waals surface area contributed by atoms with Crippen molar-refractivity contribution in [2.75, 3.05) is 13.2 Å². The summed E-state index contributed by atoms with van der Waals surface area (Å²) < 4.78 is 34.8. The molecule has 25 heavy (non-hydrogen) atoms. The average molecular weight is 373 g/mol. The van der Waals surface area contributed by atoms with Crippen molar-refractivity contribution >= 4 is 15.9 Å². The third kappa shape index (κ3) is 7.31. The number of benzene rings is 1. The van der Waals surface area contributed by atoms with E-state index in [-0.39, 0.29) is 18.0 Å². The number of rotatable bonds is 7. The van der Waals surface area contributed by atoms with Gasteiger partial charge >= 0.3 is 6.09 Å². The largest absolute Gasteiger partial charge is 0.491 e. The first-order chi connectivity index (χ1) is 11.4. The molecule has 1 atom stereocenters. The predicted octanol–water partition coefficient (Wildman–Crippen LogP) is 2.13. The van der Waals surface area contributed by atoms with E-state index in [0.717, 1.165) is 0 Å². The van der Waals surface area contributed by atoms with Gasteiger partial charge in [-0.3, -0.25) is 0 Å². The number of nitrogens with one attached hydrogen (secondary N) is 1. The van der Waals surface area contributed by atoms with Crippen molar-refractivity contribution in [3.63, 3.8) is 0 Å². The Morgan fingerprint density at radius 2 is 1.92 bits per heavy atom. The van der Waals surface area contributed by atoms with Gasteiger partial charge in [-0.15, -0.1) is 0 Å². The minimum absolute atomic E-state index is 0.0428. The molecule has 8 heteroatoms. The standard InChI is InChI=1S/C17H27NO6S/c1-12(2)25(21,22)15-8-6-7-14(9-15)23-11-13(19)10-18-16(20)24-17(3,4)5/h6-9,12-13,19H,10-11H2,1-5H3,(H,18,20)/t13-/m0/s1. The number of carbonyl (C=O) groups excluding carboxylic acids is 1. The van der Waals surface area contributed by atoms with E-state index in [1.807, 2.05) is 0 Å². The van der Waals surface area contributed by atoms with E-state index in [0.29, 0.717) is 5.75 Å². The van der Waals surface area contributed by atoms with Crippen LogP contribution in [0.5, 0.6) is 5.75 Å². The van der Waals surface area contributed by atoms with Gasteiger partial charge in [0.25, 0.3) is 0 Å². The molecule has 0 fully saturated rings. The summed E-state index contributed by atoms with van der Waals surface area (Å²) in [7, 11) is -3.39. The number of alkyl carbamates (subject to hydrolysis) is 1. The molecule has 1 rings (SSSR count). The minimum Gasteiger partial charge on any atom is -0.491 e. The fourth-order valence-electron chi connectivity index (χ4n) is 1.78. The van der Waals surface area contributed by atoms with Crippen LogP contribution in [0.4, 0.5) is 4.79 Å². The van der Waals surface area contributed by atoms with Crippen LogP contribution in [0.25, 0.3) is 0 Å². The van der Waals surface area contributed by atoms with Gasteiger partial charge in [-0.25, -0.2) is 13.2 Å². The van der Waals surface area contributed by atoms with E-state index >= 15 is 0 Å². The van der Waals surface area contributed by atoms with E-state index in [9.17, 15) is 18.3 Å². The lowest BCUT2D eigenvalue weighted by atomic mass is 10.2.